The molecule has 14 heavy (non-hydrogen) atoms. The number of aliphatic hydroxyl groups is 4. The van der Waals surface area contributed by atoms with Crippen molar-refractivity contribution >= 4 is 6.09 Å². The van der Waals surface area contributed by atoms with Gasteiger partial charge in [-0.2, -0.15) is 0 Å². The Morgan fingerprint density at radius 1 is 1.29 bits per heavy atom. The maximum Gasteiger partial charge on any atom is 0.411 e. The van der Waals surface area contributed by atoms with E-state index in [1.54, 1.807) is 20.8 Å². The molecule has 7 nitrogen and oxygen atoms in total. The topological polar surface area (TPSA) is 119 Å². The van der Waals surface area contributed by atoms with E-state index in [1.165, 1.54) is 5.32 Å². The highest BCUT2D eigenvalue weighted by molar-refractivity contribution is 5.68. The standard InChI is InChI=1S/C7H15NO6/c1-6(2,3)14-5(11)8-7(12,13)4(9)10/h4,9-10,12-13H,1-3H3,(H,8,11). The van der Waals surface area contributed by atoms with Gasteiger partial charge in [-0.15, -0.1) is 0 Å². The second kappa shape index (κ2) is 4.09. The van der Waals surface area contributed by atoms with E-state index in [9.17, 15) is 4.79 Å². The molecule has 7 heteroatoms. The summed E-state index contributed by atoms with van der Waals surface area (Å²) in [6, 6.07) is 0. The molecule has 0 aliphatic heterocycles. The van der Waals surface area contributed by atoms with E-state index in [1.807, 2.05) is 0 Å². The summed E-state index contributed by atoms with van der Waals surface area (Å²) in [6.45, 7) is 4.70. The van der Waals surface area contributed by atoms with E-state index in [0.717, 1.165) is 0 Å². The summed E-state index contributed by atoms with van der Waals surface area (Å²) < 4.78 is 4.63. The van der Waals surface area contributed by atoms with E-state index >= 15 is 0 Å². The summed E-state index contributed by atoms with van der Waals surface area (Å²) in [5.74, 6) is -3.12. The lowest BCUT2D eigenvalue weighted by Crippen LogP contribution is -2.57. The van der Waals surface area contributed by atoms with Gasteiger partial charge in [0, 0.05) is 0 Å². The van der Waals surface area contributed by atoms with Crippen molar-refractivity contribution in [2.75, 3.05) is 0 Å². The first kappa shape index (κ1) is 13.1. The number of hydrogen-bond acceptors (Lipinski definition) is 6. The van der Waals surface area contributed by atoms with Crippen LogP contribution >= 0.6 is 0 Å². The van der Waals surface area contributed by atoms with Crippen LogP contribution in [0.3, 0.4) is 0 Å². The van der Waals surface area contributed by atoms with Crippen LogP contribution in [0.2, 0.25) is 0 Å². The molecule has 0 bridgehead atoms. The second-order valence-corrected chi connectivity index (χ2v) is 3.73. The predicted octanol–water partition coefficient (Wildman–Crippen LogP) is -1.54. The largest absolute Gasteiger partial charge is 0.444 e. The van der Waals surface area contributed by atoms with Gasteiger partial charge in [-0.1, -0.05) is 0 Å². The number of hydrogen-bond donors (Lipinski definition) is 5. The fourth-order valence-electron chi connectivity index (χ4n) is 0.518. The summed E-state index contributed by atoms with van der Waals surface area (Å²) >= 11 is 0. The average molecular weight is 209 g/mol. The van der Waals surface area contributed by atoms with E-state index < -0.39 is 23.9 Å². The Balaban J connectivity index is 4.20. The highest BCUT2D eigenvalue weighted by atomic mass is 16.6. The molecular weight excluding hydrogens is 194 g/mol. The SMILES string of the molecule is CC(C)(C)OC(=O)NC(O)(O)C(O)O. The first-order valence-corrected chi connectivity index (χ1v) is 3.86. The molecule has 0 fully saturated rings. The van der Waals surface area contributed by atoms with Crippen molar-refractivity contribution < 1.29 is 30.0 Å². The molecule has 5 N–H and O–H groups in total. The van der Waals surface area contributed by atoms with Gasteiger partial charge < -0.3 is 25.2 Å². The molecule has 0 heterocycles. The zero-order valence-corrected chi connectivity index (χ0v) is 8.18. The van der Waals surface area contributed by atoms with Gasteiger partial charge in [0.05, 0.1) is 0 Å². The predicted molar refractivity (Wildman–Crippen MR) is 44.8 cm³/mol. The average Bonchev–Trinajstić information content (AvgIpc) is 1.79. The van der Waals surface area contributed by atoms with Crippen molar-refractivity contribution in [2.45, 2.75) is 38.6 Å². The third-order valence-electron chi connectivity index (χ3n) is 1.04. The van der Waals surface area contributed by atoms with Crippen LogP contribution < -0.4 is 5.32 Å². The van der Waals surface area contributed by atoms with Gasteiger partial charge in [0.2, 0.25) is 6.29 Å². The van der Waals surface area contributed by atoms with Gasteiger partial charge in [-0.3, -0.25) is 5.32 Å². The summed E-state index contributed by atoms with van der Waals surface area (Å²) in [5.41, 5.74) is -0.819. The zero-order valence-electron chi connectivity index (χ0n) is 8.18. The Morgan fingerprint density at radius 2 is 1.71 bits per heavy atom. The van der Waals surface area contributed by atoms with Gasteiger partial charge in [0.15, 0.2) is 0 Å². The maximum atomic E-state index is 10.9. The first-order valence-electron chi connectivity index (χ1n) is 3.86. The summed E-state index contributed by atoms with van der Waals surface area (Å²) in [6.07, 6.45) is -3.69. The van der Waals surface area contributed by atoms with Crippen LogP contribution in [0.25, 0.3) is 0 Å². The Kier molecular flexibility index (Phi) is 3.83. The van der Waals surface area contributed by atoms with E-state index in [0.29, 0.717) is 0 Å². The lowest BCUT2D eigenvalue weighted by Gasteiger charge is -2.26. The number of nitrogens with one attached hydrogen (secondary N) is 1. The van der Waals surface area contributed by atoms with Crippen LogP contribution in [0.15, 0.2) is 0 Å². The molecule has 0 rings (SSSR count). The third kappa shape index (κ3) is 4.97. The van der Waals surface area contributed by atoms with Crippen LogP contribution in [0.1, 0.15) is 20.8 Å². The lowest BCUT2D eigenvalue weighted by atomic mass is 10.2. The molecular formula is C7H15NO6. The maximum absolute atomic E-state index is 10.9. The molecule has 0 saturated heterocycles. The fraction of sp³-hybridized carbons (Fsp3) is 0.857. The van der Waals surface area contributed by atoms with Gasteiger partial charge >= 0.3 is 12.0 Å². The van der Waals surface area contributed by atoms with Crippen LogP contribution in [0.4, 0.5) is 4.79 Å². The van der Waals surface area contributed by atoms with E-state index in [4.69, 9.17) is 20.4 Å². The summed E-state index contributed by atoms with van der Waals surface area (Å²) in [5, 5.41) is 35.9. The monoisotopic (exact) mass is 209 g/mol. The Labute approximate surface area is 80.9 Å². The van der Waals surface area contributed by atoms with E-state index in [-0.39, 0.29) is 0 Å². The molecule has 0 saturated carbocycles. The Hall–Kier alpha value is -0.890. The molecule has 0 spiro atoms. The van der Waals surface area contributed by atoms with Crippen LogP contribution in [-0.4, -0.2) is 44.3 Å². The Bertz CT molecular complexity index is 207. The zero-order chi connectivity index (χ0) is 11.6. The van der Waals surface area contributed by atoms with Gasteiger partial charge in [-0.05, 0) is 20.8 Å². The molecule has 84 valence electrons. The number of carbonyl (C=O) groups excluding carboxylic acids is 1. The molecule has 0 aliphatic rings. The number of alkyl carbamates (subject to hydrolysis) is 1. The molecule has 0 aromatic rings. The van der Waals surface area contributed by atoms with Gasteiger partial charge in [0.1, 0.15) is 5.60 Å². The molecule has 1 amide bonds. The van der Waals surface area contributed by atoms with Crippen molar-refractivity contribution in [3.8, 4) is 0 Å². The fourth-order valence-corrected chi connectivity index (χ4v) is 0.518. The quantitative estimate of drug-likeness (QED) is 0.352. The van der Waals surface area contributed by atoms with Crippen molar-refractivity contribution in [3.05, 3.63) is 0 Å². The number of amides is 1. The minimum absolute atomic E-state index is 0.819. The van der Waals surface area contributed by atoms with Crippen molar-refractivity contribution in [1.29, 1.82) is 0 Å². The molecule has 0 aromatic carbocycles. The molecule has 0 radical (unpaired) electrons. The van der Waals surface area contributed by atoms with Crippen LogP contribution in [0.5, 0.6) is 0 Å². The molecule has 0 aliphatic carbocycles. The summed E-state index contributed by atoms with van der Waals surface area (Å²) in [7, 11) is 0. The first-order chi connectivity index (χ1) is 6.04. The minimum atomic E-state index is -3.12. The second-order valence-electron chi connectivity index (χ2n) is 3.73. The van der Waals surface area contributed by atoms with Crippen molar-refractivity contribution in [2.24, 2.45) is 0 Å². The number of rotatable bonds is 2. The molecule has 0 unspecified atom stereocenters. The number of ether oxygens (including phenoxy) is 1. The molecule has 0 aromatic heterocycles. The smallest absolute Gasteiger partial charge is 0.411 e. The van der Waals surface area contributed by atoms with E-state index in [2.05, 4.69) is 4.74 Å². The van der Waals surface area contributed by atoms with Gasteiger partial charge in [-0.25, -0.2) is 4.79 Å². The van der Waals surface area contributed by atoms with Gasteiger partial charge in [0.25, 0.3) is 0 Å². The normalized spacial score (nSPS) is 12.9. The third-order valence-corrected chi connectivity index (χ3v) is 1.04. The van der Waals surface area contributed by atoms with Crippen molar-refractivity contribution in [3.63, 3.8) is 0 Å². The van der Waals surface area contributed by atoms with Crippen LogP contribution in [0, 0.1) is 0 Å². The highest BCUT2D eigenvalue weighted by Crippen LogP contribution is 2.08. The molecule has 0 atom stereocenters. The summed E-state index contributed by atoms with van der Waals surface area (Å²) in [4.78, 5) is 10.9. The Morgan fingerprint density at radius 3 is 2.00 bits per heavy atom. The lowest BCUT2D eigenvalue weighted by molar-refractivity contribution is -0.300. The highest BCUT2D eigenvalue weighted by Gasteiger charge is 2.35. The van der Waals surface area contributed by atoms with Crippen molar-refractivity contribution in [1.82, 2.24) is 5.32 Å². The number of aliphatic hydroxyl groups excluding tert-OH is 1. The minimum Gasteiger partial charge on any atom is -0.444 e. The van der Waals surface area contributed by atoms with Crippen LogP contribution in [-0.2, 0) is 4.74 Å². The number of carbonyl (C=O) groups is 1.